The standard InChI is InChI=1S/C6H10N4O2S/c1-2-13(11,12)6-9-4(7)3-5(8)10-6/h3H,2H2,1H3,(H4,7,8,9,10). The van der Waals surface area contributed by atoms with Crippen LogP contribution < -0.4 is 11.5 Å². The quantitative estimate of drug-likeness (QED) is 0.621. The SMILES string of the molecule is CCS(=O)(=O)c1nc(N)cc(N)n1. The van der Waals surface area contributed by atoms with Crippen LogP contribution in [0.15, 0.2) is 11.2 Å². The third-order valence-electron chi connectivity index (χ3n) is 1.40. The zero-order valence-electron chi connectivity index (χ0n) is 7.06. The van der Waals surface area contributed by atoms with Crippen molar-refractivity contribution in [3.8, 4) is 0 Å². The summed E-state index contributed by atoms with van der Waals surface area (Å²) in [7, 11) is -3.43. The maximum absolute atomic E-state index is 11.3. The van der Waals surface area contributed by atoms with Crippen molar-refractivity contribution in [1.29, 1.82) is 0 Å². The summed E-state index contributed by atoms with van der Waals surface area (Å²) in [5.74, 6) is 0.0367. The lowest BCUT2D eigenvalue weighted by Crippen LogP contribution is -2.11. The Labute approximate surface area is 75.9 Å². The Hall–Kier alpha value is -1.37. The van der Waals surface area contributed by atoms with E-state index < -0.39 is 9.84 Å². The lowest BCUT2D eigenvalue weighted by Gasteiger charge is -2.01. The van der Waals surface area contributed by atoms with Crippen LogP contribution >= 0.6 is 0 Å². The molecule has 0 aliphatic rings. The van der Waals surface area contributed by atoms with Crippen molar-refractivity contribution in [2.24, 2.45) is 0 Å². The smallest absolute Gasteiger partial charge is 0.250 e. The Morgan fingerprint density at radius 2 is 1.77 bits per heavy atom. The molecule has 0 radical (unpaired) electrons. The highest BCUT2D eigenvalue weighted by atomic mass is 32.2. The van der Waals surface area contributed by atoms with Crippen LogP contribution in [0.1, 0.15) is 6.92 Å². The van der Waals surface area contributed by atoms with Gasteiger partial charge in [-0.2, -0.15) is 0 Å². The lowest BCUT2D eigenvalue weighted by atomic mass is 10.5. The van der Waals surface area contributed by atoms with E-state index in [-0.39, 0.29) is 22.5 Å². The maximum Gasteiger partial charge on any atom is 0.250 e. The van der Waals surface area contributed by atoms with E-state index in [1.165, 1.54) is 13.0 Å². The molecule has 72 valence electrons. The van der Waals surface area contributed by atoms with Crippen molar-refractivity contribution in [2.45, 2.75) is 12.1 Å². The van der Waals surface area contributed by atoms with Crippen molar-refractivity contribution >= 4 is 21.5 Å². The minimum Gasteiger partial charge on any atom is -0.383 e. The Kier molecular flexibility index (Phi) is 2.37. The molecular formula is C6H10N4O2S. The van der Waals surface area contributed by atoms with Gasteiger partial charge in [-0.25, -0.2) is 18.4 Å². The molecule has 7 heteroatoms. The fraction of sp³-hybridized carbons (Fsp3) is 0.333. The number of nitrogens with two attached hydrogens (primary N) is 2. The van der Waals surface area contributed by atoms with E-state index in [0.29, 0.717) is 0 Å². The summed E-state index contributed by atoms with van der Waals surface area (Å²) in [4.78, 5) is 7.15. The highest BCUT2D eigenvalue weighted by Crippen LogP contribution is 2.10. The number of sulfone groups is 1. The van der Waals surface area contributed by atoms with Crippen molar-refractivity contribution in [3.05, 3.63) is 6.07 Å². The van der Waals surface area contributed by atoms with Gasteiger partial charge < -0.3 is 11.5 Å². The molecule has 0 saturated heterocycles. The molecule has 1 heterocycles. The summed E-state index contributed by atoms with van der Waals surface area (Å²) in [5.41, 5.74) is 10.6. The zero-order chi connectivity index (χ0) is 10.1. The van der Waals surface area contributed by atoms with Crippen LogP contribution in [0.25, 0.3) is 0 Å². The Balaban J connectivity index is 3.32. The summed E-state index contributed by atoms with van der Waals surface area (Å²) in [6.07, 6.45) is 0. The molecule has 1 aromatic heterocycles. The van der Waals surface area contributed by atoms with Gasteiger partial charge in [-0.05, 0) is 0 Å². The third-order valence-corrected chi connectivity index (χ3v) is 2.90. The van der Waals surface area contributed by atoms with Crippen LogP contribution in [-0.2, 0) is 9.84 Å². The molecule has 0 aromatic carbocycles. The molecule has 0 bridgehead atoms. The van der Waals surface area contributed by atoms with E-state index in [0.717, 1.165) is 0 Å². The third kappa shape index (κ3) is 2.05. The van der Waals surface area contributed by atoms with Crippen molar-refractivity contribution in [3.63, 3.8) is 0 Å². The summed E-state index contributed by atoms with van der Waals surface area (Å²) in [6, 6.07) is 1.30. The van der Waals surface area contributed by atoms with Crippen molar-refractivity contribution < 1.29 is 8.42 Å². The number of hydrogen-bond donors (Lipinski definition) is 2. The molecule has 1 aromatic rings. The summed E-state index contributed by atoms with van der Waals surface area (Å²) in [5, 5.41) is -0.312. The lowest BCUT2D eigenvalue weighted by molar-refractivity contribution is 0.588. The highest BCUT2D eigenvalue weighted by Gasteiger charge is 2.16. The van der Waals surface area contributed by atoms with Crippen LogP contribution in [0, 0.1) is 0 Å². The van der Waals surface area contributed by atoms with Crippen LogP contribution in [0.5, 0.6) is 0 Å². The van der Waals surface area contributed by atoms with E-state index in [1.54, 1.807) is 0 Å². The number of hydrogen-bond acceptors (Lipinski definition) is 6. The number of anilines is 2. The average Bonchev–Trinajstić information content (AvgIpc) is 2.02. The molecule has 0 amide bonds. The highest BCUT2D eigenvalue weighted by molar-refractivity contribution is 7.91. The molecule has 0 fully saturated rings. The fourth-order valence-corrected chi connectivity index (χ4v) is 1.48. The second kappa shape index (κ2) is 3.17. The van der Waals surface area contributed by atoms with Gasteiger partial charge in [0.05, 0.1) is 5.75 Å². The molecule has 1 rings (SSSR count). The second-order valence-electron chi connectivity index (χ2n) is 2.40. The maximum atomic E-state index is 11.3. The minimum absolute atomic E-state index is 0.0551. The normalized spacial score (nSPS) is 11.5. The fourth-order valence-electron chi connectivity index (χ4n) is 0.730. The van der Waals surface area contributed by atoms with Gasteiger partial charge in [-0.1, -0.05) is 6.92 Å². The van der Waals surface area contributed by atoms with Gasteiger partial charge in [0, 0.05) is 6.07 Å². The topological polar surface area (TPSA) is 112 Å². The molecule has 0 saturated carbocycles. The van der Waals surface area contributed by atoms with Gasteiger partial charge in [-0.15, -0.1) is 0 Å². The first-order valence-corrected chi connectivity index (χ1v) is 5.23. The number of nitrogen functional groups attached to an aromatic ring is 2. The summed E-state index contributed by atoms with van der Waals surface area (Å²) >= 11 is 0. The summed E-state index contributed by atoms with van der Waals surface area (Å²) in [6.45, 7) is 1.50. The summed E-state index contributed by atoms with van der Waals surface area (Å²) < 4.78 is 22.5. The van der Waals surface area contributed by atoms with E-state index in [4.69, 9.17) is 11.5 Å². The van der Waals surface area contributed by atoms with Gasteiger partial charge in [0.25, 0.3) is 5.16 Å². The molecule has 0 spiro atoms. The molecule has 13 heavy (non-hydrogen) atoms. The first kappa shape index (κ1) is 9.72. The van der Waals surface area contributed by atoms with E-state index in [2.05, 4.69) is 9.97 Å². The van der Waals surface area contributed by atoms with E-state index >= 15 is 0 Å². The van der Waals surface area contributed by atoms with Crippen LogP contribution in [0.4, 0.5) is 11.6 Å². The van der Waals surface area contributed by atoms with Gasteiger partial charge >= 0.3 is 0 Å². The van der Waals surface area contributed by atoms with Gasteiger partial charge in [-0.3, -0.25) is 0 Å². The van der Waals surface area contributed by atoms with Crippen LogP contribution in [0.3, 0.4) is 0 Å². The monoisotopic (exact) mass is 202 g/mol. The zero-order valence-corrected chi connectivity index (χ0v) is 7.87. The molecule has 0 atom stereocenters. The molecule has 4 N–H and O–H groups in total. The Bertz CT molecular complexity index is 394. The predicted molar refractivity (Wildman–Crippen MR) is 48.6 cm³/mol. The van der Waals surface area contributed by atoms with Gasteiger partial charge in [0.15, 0.2) is 0 Å². The number of aromatic nitrogens is 2. The van der Waals surface area contributed by atoms with Crippen LogP contribution in [-0.4, -0.2) is 24.1 Å². The Morgan fingerprint density at radius 3 is 2.15 bits per heavy atom. The van der Waals surface area contributed by atoms with Crippen LogP contribution in [0.2, 0.25) is 0 Å². The van der Waals surface area contributed by atoms with Crippen molar-refractivity contribution in [2.75, 3.05) is 17.2 Å². The Morgan fingerprint density at radius 1 is 1.31 bits per heavy atom. The largest absolute Gasteiger partial charge is 0.383 e. The van der Waals surface area contributed by atoms with E-state index in [1.807, 2.05) is 0 Å². The van der Waals surface area contributed by atoms with Gasteiger partial charge in [0.2, 0.25) is 9.84 Å². The minimum atomic E-state index is -3.43. The second-order valence-corrected chi connectivity index (χ2v) is 4.58. The molecule has 0 aliphatic carbocycles. The molecule has 0 aliphatic heterocycles. The number of rotatable bonds is 2. The molecule has 0 unspecified atom stereocenters. The van der Waals surface area contributed by atoms with Gasteiger partial charge in [0.1, 0.15) is 11.6 Å². The molecular weight excluding hydrogens is 192 g/mol. The first-order chi connectivity index (χ1) is 5.95. The predicted octanol–water partition coefficient (Wildman–Crippen LogP) is -0.565. The number of nitrogens with zero attached hydrogens (tertiary/aromatic N) is 2. The average molecular weight is 202 g/mol. The first-order valence-electron chi connectivity index (χ1n) is 3.58. The molecule has 6 nitrogen and oxygen atoms in total. The van der Waals surface area contributed by atoms with E-state index in [9.17, 15) is 8.42 Å². The van der Waals surface area contributed by atoms with Crippen molar-refractivity contribution in [1.82, 2.24) is 9.97 Å².